The minimum Gasteiger partial charge on any atom is -0.333 e. The van der Waals surface area contributed by atoms with Gasteiger partial charge in [-0.05, 0) is 30.3 Å². The van der Waals surface area contributed by atoms with Crippen molar-refractivity contribution in [3.8, 4) is 0 Å². The lowest BCUT2D eigenvalue weighted by atomic mass is 10.1. The van der Waals surface area contributed by atoms with Crippen LogP contribution in [0.15, 0.2) is 48.5 Å². The zero-order chi connectivity index (χ0) is 19.1. The van der Waals surface area contributed by atoms with E-state index in [9.17, 15) is 4.79 Å². The van der Waals surface area contributed by atoms with Crippen molar-refractivity contribution >= 4 is 60.7 Å². The molecule has 1 aliphatic rings. The number of hydrogen-bond acceptors (Lipinski definition) is 6. The summed E-state index contributed by atoms with van der Waals surface area (Å²) < 4.78 is 1.04. The van der Waals surface area contributed by atoms with Gasteiger partial charge in [0.05, 0.1) is 22.5 Å². The molecule has 1 aliphatic heterocycles. The largest absolute Gasteiger partial charge is 0.333 e. The summed E-state index contributed by atoms with van der Waals surface area (Å²) in [6.45, 7) is 1.28. The van der Waals surface area contributed by atoms with Crippen LogP contribution in [0.1, 0.15) is 20.9 Å². The second-order valence-corrected chi connectivity index (χ2v) is 9.04. The van der Waals surface area contributed by atoms with Crippen LogP contribution in [-0.4, -0.2) is 27.3 Å². The van der Waals surface area contributed by atoms with Crippen LogP contribution in [0.25, 0.3) is 10.2 Å². The molecule has 28 heavy (non-hydrogen) atoms. The predicted molar refractivity (Wildman–Crippen MR) is 115 cm³/mol. The van der Waals surface area contributed by atoms with Gasteiger partial charge in [-0.1, -0.05) is 52.5 Å². The van der Waals surface area contributed by atoms with Crippen molar-refractivity contribution in [2.24, 2.45) is 0 Å². The Hall–Kier alpha value is -2.48. The third-order valence-corrected chi connectivity index (χ3v) is 6.77. The van der Waals surface area contributed by atoms with Gasteiger partial charge in [-0.15, -0.1) is 0 Å². The van der Waals surface area contributed by atoms with Crippen molar-refractivity contribution in [3.05, 3.63) is 69.7 Å². The number of nitrogens with one attached hydrogen (secondary N) is 1. The van der Waals surface area contributed by atoms with E-state index in [1.807, 2.05) is 53.4 Å². The molecule has 0 unspecified atom stereocenters. The van der Waals surface area contributed by atoms with Crippen molar-refractivity contribution in [2.75, 3.05) is 11.9 Å². The first-order valence-corrected chi connectivity index (χ1v) is 10.8. The predicted octanol–water partition coefficient (Wildman–Crippen LogP) is 5.35. The van der Waals surface area contributed by atoms with Crippen molar-refractivity contribution < 1.29 is 4.79 Å². The minimum absolute atomic E-state index is 0.0669. The molecular weight excluding hydrogens is 412 g/mol. The van der Waals surface area contributed by atoms with Crippen LogP contribution in [0.5, 0.6) is 0 Å². The highest BCUT2D eigenvalue weighted by Crippen LogP contribution is 2.34. The van der Waals surface area contributed by atoms with Crippen LogP contribution in [0.2, 0.25) is 5.02 Å². The Morgan fingerprint density at radius 1 is 1.07 bits per heavy atom. The first kappa shape index (κ1) is 17.6. The van der Waals surface area contributed by atoms with Crippen LogP contribution in [0.4, 0.5) is 10.3 Å². The molecular formula is C20H15ClN4OS2. The molecule has 3 heterocycles. The SMILES string of the molecule is O=C(c1ccccc1)N1CCc2nc(Nc3nc4ccc(Cl)cc4s3)sc2C1. The fourth-order valence-electron chi connectivity index (χ4n) is 3.23. The number of rotatable bonds is 3. The van der Waals surface area contributed by atoms with E-state index in [1.54, 1.807) is 22.7 Å². The van der Waals surface area contributed by atoms with E-state index < -0.39 is 0 Å². The van der Waals surface area contributed by atoms with Crippen LogP contribution in [-0.2, 0) is 13.0 Å². The fraction of sp³-hybridized carbons (Fsp3) is 0.150. The highest BCUT2D eigenvalue weighted by molar-refractivity contribution is 7.22. The summed E-state index contributed by atoms with van der Waals surface area (Å²) in [5.41, 5.74) is 2.70. The standard InChI is InChI=1S/C20H15ClN4OS2/c21-13-6-7-14-16(10-13)27-19(22-14)24-20-23-15-8-9-25(11-17(15)28-20)18(26)12-4-2-1-3-5-12/h1-7,10H,8-9,11H2,(H,22,23,24). The molecule has 0 bridgehead atoms. The number of thiazole rings is 2. The van der Waals surface area contributed by atoms with Gasteiger partial charge in [0.15, 0.2) is 10.3 Å². The Kier molecular flexibility index (Phi) is 4.50. The van der Waals surface area contributed by atoms with Crippen LogP contribution >= 0.6 is 34.3 Å². The quantitative estimate of drug-likeness (QED) is 0.479. The van der Waals surface area contributed by atoms with Crippen molar-refractivity contribution in [1.82, 2.24) is 14.9 Å². The molecule has 2 aromatic heterocycles. The molecule has 0 radical (unpaired) electrons. The molecule has 2 aromatic carbocycles. The van der Waals surface area contributed by atoms with E-state index in [0.717, 1.165) is 43.0 Å². The molecule has 1 N–H and O–H groups in total. The second kappa shape index (κ2) is 7.16. The van der Waals surface area contributed by atoms with E-state index in [4.69, 9.17) is 16.6 Å². The monoisotopic (exact) mass is 426 g/mol. The second-order valence-electron chi connectivity index (χ2n) is 6.49. The first-order chi connectivity index (χ1) is 13.7. The lowest BCUT2D eigenvalue weighted by Gasteiger charge is -2.26. The summed E-state index contributed by atoms with van der Waals surface area (Å²) in [6, 6.07) is 15.1. The zero-order valence-electron chi connectivity index (χ0n) is 14.7. The summed E-state index contributed by atoms with van der Waals surface area (Å²) in [6.07, 6.45) is 0.765. The Morgan fingerprint density at radius 3 is 2.75 bits per heavy atom. The lowest BCUT2D eigenvalue weighted by Crippen LogP contribution is -2.35. The third-order valence-electron chi connectivity index (χ3n) is 4.60. The van der Waals surface area contributed by atoms with Crippen molar-refractivity contribution in [1.29, 1.82) is 0 Å². The van der Waals surface area contributed by atoms with Crippen LogP contribution in [0, 0.1) is 0 Å². The molecule has 140 valence electrons. The van der Waals surface area contributed by atoms with E-state index in [0.29, 0.717) is 18.1 Å². The van der Waals surface area contributed by atoms with Gasteiger partial charge in [-0.25, -0.2) is 9.97 Å². The van der Waals surface area contributed by atoms with E-state index >= 15 is 0 Å². The lowest BCUT2D eigenvalue weighted by molar-refractivity contribution is 0.0736. The van der Waals surface area contributed by atoms with E-state index in [2.05, 4.69) is 10.3 Å². The van der Waals surface area contributed by atoms with Gasteiger partial charge >= 0.3 is 0 Å². The summed E-state index contributed by atoms with van der Waals surface area (Å²) >= 11 is 9.19. The summed E-state index contributed by atoms with van der Waals surface area (Å²) in [5.74, 6) is 0.0669. The number of benzene rings is 2. The van der Waals surface area contributed by atoms with Gasteiger partial charge in [-0.3, -0.25) is 4.79 Å². The molecule has 5 rings (SSSR count). The van der Waals surface area contributed by atoms with E-state index in [-0.39, 0.29) is 5.91 Å². The molecule has 4 aromatic rings. The Labute approximate surface area is 174 Å². The number of carbonyl (C=O) groups is 1. The summed E-state index contributed by atoms with van der Waals surface area (Å²) in [4.78, 5) is 25.0. The third kappa shape index (κ3) is 3.37. The number of hydrogen-bond donors (Lipinski definition) is 1. The summed E-state index contributed by atoms with van der Waals surface area (Å²) in [5, 5.41) is 5.62. The molecule has 0 saturated heterocycles. The van der Waals surface area contributed by atoms with Gasteiger partial charge in [-0.2, -0.15) is 0 Å². The van der Waals surface area contributed by atoms with Crippen molar-refractivity contribution in [3.63, 3.8) is 0 Å². The van der Waals surface area contributed by atoms with E-state index in [1.165, 1.54) is 0 Å². The average Bonchev–Trinajstić information content (AvgIpc) is 3.29. The molecule has 0 fully saturated rings. The highest BCUT2D eigenvalue weighted by Gasteiger charge is 2.25. The molecule has 8 heteroatoms. The molecule has 0 atom stereocenters. The molecule has 1 amide bonds. The number of halogens is 1. The van der Waals surface area contributed by atoms with Crippen molar-refractivity contribution in [2.45, 2.75) is 13.0 Å². The number of carbonyl (C=O) groups excluding carboxylic acids is 1. The number of amides is 1. The maximum absolute atomic E-state index is 12.7. The molecule has 0 saturated carbocycles. The van der Waals surface area contributed by atoms with Gasteiger partial charge < -0.3 is 10.2 Å². The zero-order valence-corrected chi connectivity index (χ0v) is 17.1. The van der Waals surface area contributed by atoms with Gasteiger partial charge in [0.2, 0.25) is 0 Å². The van der Waals surface area contributed by atoms with Gasteiger partial charge in [0, 0.05) is 28.4 Å². The fourth-order valence-corrected chi connectivity index (χ4v) is 5.46. The Morgan fingerprint density at radius 2 is 1.89 bits per heavy atom. The molecule has 5 nitrogen and oxygen atoms in total. The van der Waals surface area contributed by atoms with Gasteiger partial charge in [0.1, 0.15) is 0 Å². The Bertz CT molecular complexity index is 1170. The Balaban J connectivity index is 1.34. The number of nitrogens with zero attached hydrogens (tertiary/aromatic N) is 3. The molecule has 0 spiro atoms. The molecule has 0 aliphatic carbocycles. The smallest absolute Gasteiger partial charge is 0.254 e. The number of fused-ring (bicyclic) bond motifs is 2. The summed E-state index contributed by atoms with van der Waals surface area (Å²) in [7, 11) is 0. The van der Waals surface area contributed by atoms with Gasteiger partial charge in [0.25, 0.3) is 5.91 Å². The highest BCUT2D eigenvalue weighted by atomic mass is 35.5. The minimum atomic E-state index is 0.0669. The first-order valence-electron chi connectivity index (χ1n) is 8.82. The number of aromatic nitrogens is 2. The van der Waals surface area contributed by atoms with Crippen LogP contribution in [0.3, 0.4) is 0 Å². The maximum Gasteiger partial charge on any atom is 0.254 e. The number of anilines is 2. The average molecular weight is 427 g/mol. The topological polar surface area (TPSA) is 58.1 Å². The maximum atomic E-state index is 12.7. The van der Waals surface area contributed by atoms with Crippen LogP contribution < -0.4 is 5.32 Å². The normalized spacial score (nSPS) is 13.5.